The van der Waals surface area contributed by atoms with E-state index >= 15 is 0 Å². The van der Waals surface area contributed by atoms with Crippen molar-refractivity contribution in [1.29, 1.82) is 0 Å². The van der Waals surface area contributed by atoms with Crippen LogP contribution in [-0.4, -0.2) is 74.6 Å². The molecule has 6 nitrogen and oxygen atoms in total. The lowest BCUT2D eigenvalue weighted by molar-refractivity contribution is 0.0519. The highest BCUT2D eigenvalue weighted by Gasteiger charge is 2.41. The molecule has 0 aliphatic carbocycles. The van der Waals surface area contributed by atoms with Crippen LogP contribution >= 0.6 is 0 Å². The lowest BCUT2D eigenvalue weighted by atomic mass is 10.2. The van der Waals surface area contributed by atoms with E-state index in [1.54, 1.807) is 7.11 Å². The SMILES string of the molecule is CCO[Si](NCCOC)(OCC)OCCCCCN(C)C. The Morgan fingerprint density at radius 2 is 1.57 bits per heavy atom. The highest BCUT2D eigenvalue weighted by atomic mass is 28.4. The molecule has 0 spiro atoms. The van der Waals surface area contributed by atoms with Gasteiger partial charge in [0, 0.05) is 33.5 Å². The summed E-state index contributed by atoms with van der Waals surface area (Å²) in [5, 5.41) is 0. The zero-order valence-electron chi connectivity index (χ0n) is 14.4. The molecule has 0 radical (unpaired) electrons. The number of hydrogen-bond acceptors (Lipinski definition) is 6. The standard InChI is InChI=1S/C14H34N2O4Si/c1-6-18-21(19-7-2,15-11-14-17-5)20-13-10-8-9-12-16(3)4/h15H,6-14H2,1-5H3. The number of nitrogens with one attached hydrogen (secondary N) is 1. The first kappa shape index (κ1) is 21.0. The average Bonchev–Trinajstić information content (AvgIpc) is 2.43. The van der Waals surface area contributed by atoms with Crippen LogP contribution in [0.3, 0.4) is 0 Å². The van der Waals surface area contributed by atoms with Gasteiger partial charge in [-0.25, -0.2) is 0 Å². The first-order valence-electron chi connectivity index (χ1n) is 7.90. The third-order valence-corrected chi connectivity index (χ3v) is 5.46. The Kier molecular flexibility index (Phi) is 13.6. The van der Waals surface area contributed by atoms with Crippen molar-refractivity contribution in [3.8, 4) is 0 Å². The molecular weight excluding hydrogens is 288 g/mol. The van der Waals surface area contributed by atoms with Crippen LogP contribution < -0.4 is 4.98 Å². The van der Waals surface area contributed by atoms with Gasteiger partial charge in [-0.15, -0.1) is 0 Å². The molecule has 0 aliphatic heterocycles. The fourth-order valence-electron chi connectivity index (χ4n) is 1.88. The van der Waals surface area contributed by atoms with Gasteiger partial charge in [-0.05, 0) is 53.8 Å². The maximum absolute atomic E-state index is 5.98. The van der Waals surface area contributed by atoms with Crippen molar-refractivity contribution in [2.45, 2.75) is 33.1 Å². The second kappa shape index (κ2) is 13.6. The van der Waals surface area contributed by atoms with E-state index < -0.39 is 8.97 Å². The van der Waals surface area contributed by atoms with Crippen molar-refractivity contribution in [1.82, 2.24) is 9.88 Å². The molecular formula is C14H34N2O4Si. The summed E-state index contributed by atoms with van der Waals surface area (Å²) in [6, 6.07) is 0. The van der Waals surface area contributed by atoms with E-state index in [1.807, 2.05) is 13.8 Å². The van der Waals surface area contributed by atoms with Crippen LogP contribution in [0.5, 0.6) is 0 Å². The zero-order valence-corrected chi connectivity index (χ0v) is 15.4. The van der Waals surface area contributed by atoms with E-state index in [1.165, 1.54) is 6.42 Å². The Morgan fingerprint density at radius 1 is 0.905 bits per heavy atom. The molecule has 7 heteroatoms. The third-order valence-electron chi connectivity index (χ3n) is 2.86. The molecule has 0 heterocycles. The summed E-state index contributed by atoms with van der Waals surface area (Å²) < 4.78 is 22.6. The number of rotatable bonds is 15. The van der Waals surface area contributed by atoms with E-state index in [0.717, 1.165) is 19.4 Å². The second-order valence-corrected chi connectivity index (χ2v) is 7.39. The summed E-state index contributed by atoms with van der Waals surface area (Å²) in [6.07, 6.45) is 3.36. The first-order valence-corrected chi connectivity index (χ1v) is 9.63. The van der Waals surface area contributed by atoms with Gasteiger partial charge in [0.1, 0.15) is 0 Å². The maximum atomic E-state index is 5.98. The number of hydrogen-bond donors (Lipinski definition) is 1. The van der Waals surface area contributed by atoms with Gasteiger partial charge in [-0.1, -0.05) is 0 Å². The molecule has 128 valence electrons. The number of methoxy groups -OCH3 is 1. The lowest BCUT2D eigenvalue weighted by Gasteiger charge is -2.28. The summed E-state index contributed by atoms with van der Waals surface area (Å²) >= 11 is 0. The maximum Gasteiger partial charge on any atom is 0.596 e. The minimum absolute atomic E-state index is 0.576. The Labute approximate surface area is 131 Å². The summed E-state index contributed by atoms with van der Waals surface area (Å²) in [5.74, 6) is 0. The van der Waals surface area contributed by atoms with E-state index in [-0.39, 0.29) is 0 Å². The quantitative estimate of drug-likeness (QED) is 0.364. The average molecular weight is 323 g/mol. The molecule has 0 aromatic heterocycles. The van der Waals surface area contributed by atoms with Crippen LogP contribution in [0.1, 0.15) is 33.1 Å². The Hall–Kier alpha value is -0.0231. The largest absolute Gasteiger partial charge is 0.596 e. The molecule has 0 saturated carbocycles. The normalized spacial score (nSPS) is 12.3. The number of nitrogens with zero attached hydrogens (tertiary/aromatic N) is 1. The van der Waals surface area contributed by atoms with Gasteiger partial charge in [0.25, 0.3) is 0 Å². The van der Waals surface area contributed by atoms with Crippen LogP contribution in [0, 0.1) is 0 Å². The van der Waals surface area contributed by atoms with E-state index in [0.29, 0.717) is 33.0 Å². The minimum atomic E-state index is -2.76. The highest BCUT2D eigenvalue weighted by Crippen LogP contribution is 2.08. The van der Waals surface area contributed by atoms with Crippen LogP contribution in [0.4, 0.5) is 0 Å². The smallest absolute Gasteiger partial charge is 0.383 e. The molecule has 0 bridgehead atoms. The van der Waals surface area contributed by atoms with Crippen molar-refractivity contribution in [3.05, 3.63) is 0 Å². The minimum Gasteiger partial charge on any atom is -0.383 e. The van der Waals surface area contributed by atoms with E-state index in [2.05, 4.69) is 24.0 Å². The third kappa shape index (κ3) is 11.2. The fourth-order valence-corrected chi connectivity index (χ4v) is 4.02. The van der Waals surface area contributed by atoms with Gasteiger partial charge in [-0.2, -0.15) is 0 Å². The van der Waals surface area contributed by atoms with Gasteiger partial charge < -0.3 is 22.9 Å². The van der Waals surface area contributed by atoms with Crippen LogP contribution in [0.25, 0.3) is 0 Å². The summed E-state index contributed by atoms with van der Waals surface area (Å²) in [7, 11) is 3.11. The Bertz CT molecular complexity index is 227. The molecule has 0 atom stereocenters. The van der Waals surface area contributed by atoms with Crippen LogP contribution in [0.2, 0.25) is 0 Å². The topological polar surface area (TPSA) is 52.2 Å². The molecule has 21 heavy (non-hydrogen) atoms. The second-order valence-electron chi connectivity index (χ2n) is 5.05. The molecule has 0 aliphatic rings. The molecule has 0 aromatic rings. The molecule has 1 N–H and O–H groups in total. The van der Waals surface area contributed by atoms with Crippen molar-refractivity contribution < 1.29 is 18.0 Å². The summed E-state index contributed by atoms with van der Waals surface area (Å²) in [5.41, 5.74) is 0. The summed E-state index contributed by atoms with van der Waals surface area (Å²) in [6.45, 7) is 8.13. The predicted octanol–water partition coefficient (Wildman–Crippen LogP) is 1.48. The molecule has 0 unspecified atom stereocenters. The zero-order chi connectivity index (χ0) is 16.0. The van der Waals surface area contributed by atoms with Gasteiger partial charge >= 0.3 is 8.97 Å². The van der Waals surface area contributed by atoms with Gasteiger partial charge in [-0.3, -0.25) is 4.98 Å². The van der Waals surface area contributed by atoms with Gasteiger partial charge in [0.05, 0.1) is 6.61 Å². The monoisotopic (exact) mass is 322 g/mol. The van der Waals surface area contributed by atoms with Gasteiger partial charge in [0.15, 0.2) is 0 Å². The molecule has 0 amide bonds. The van der Waals surface area contributed by atoms with Crippen molar-refractivity contribution >= 4 is 8.97 Å². The van der Waals surface area contributed by atoms with E-state index in [9.17, 15) is 0 Å². The van der Waals surface area contributed by atoms with E-state index in [4.69, 9.17) is 18.0 Å². The lowest BCUT2D eigenvalue weighted by Crippen LogP contribution is -2.60. The van der Waals surface area contributed by atoms with Gasteiger partial charge in [0.2, 0.25) is 0 Å². The van der Waals surface area contributed by atoms with Crippen molar-refractivity contribution in [2.24, 2.45) is 0 Å². The Balaban J connectivity index is 4.11. The Morgan fingerprint density at radius 3 is 2.10 bits per heavy atom. The molecule has 0 fully saturated rings. The highest BCUT2D eigenvalue weighted by molar-refractivity contribution is 6.57. The molecule has 0 aromatic carbocycles. The van der Waals surface area contributed by atoms with Crippen LogP contribution in [0.15, 0.2) is 0 Å². The van der Waals surface area contributed by atoms with Crippen molar-refractivity contribution in [2.75, 3.05) is 60.7 Å². The number of unbranched alkanes of at least 4 members (excludes halogenated alkanes) is 2. The molecule has 0 rings (SSSR count). The van der Waals surface area contributed by atoms with Crippen LogP contribution in [-0.2, 0) is 18.0 Å². The first-order chi connectivity index (χ1) is 10.1. The fraction of sp³-hybridized carbons (Fsp3) is 1.00. The predicted molar refractivity (Wildman–Crippen MR) is 87.2 cm³/mol. The summed E-state index contributed by atoms with van der Waals surface area (Å²) in [4.78, 5) is 5.49. The number of ether oxygens (including phenoxy) is 1. The van der Waals surface area contributed by atoms with Crippen molar-refractivity contribution in [3.63, 3.8) is 0 Å². The molecule has 0 saturated heterocycles.